The maximum Gasteiger partial charge on any atom is 0.321 e. The third-order valence-corrected chi connectivity index (χ3v) is 12.7. The van der Waals surface area contributed by atoms with E-state index in [-0.39, 0.29) is 56.4 Å². The Morgan fingerprint density at radius 2 is 1.72 bits per heavy atom. The van der Waals surface area contributed by atoms with E-state index in [1.54, 1.807) is 39.6 Å². The lowest BCUT2D eigenvalue weighted by atomic mass is 9.78. The quantitative estimate of drug-likeness (QED) is 0.160. The van der Waals surface area contributed by atoms with Crippen LogP contribution in [-0.4, -0.2) is 147 Å². The lowest BCUT2D eigenvalue weighted by Gasteiger charge is -2.46. The third kappa shape index (κ3) is 12.1. The summed E-state index contributed by atoms with van der Waals surface area (Å²) in [6.07, 6.45) is -6.19. The lowest BCUT2D eigenvalue weighted by molar-refractivity contribution is -0.294. The average molecular weight is 842 g/mol. The number of nitrogens with zero attached hydrogens (tertiary/aromatic N) is 3. The van der Waals surface area contributed by atoms with Crippen LogP contribution in [0, 0.1) is 29.1 Å². The number of anilines is 1. The van der Waals surface area contributed by atoms with Gasteiger partial charge in [-0.25, -0.2) is 4.79 Å². The van der Waals surface area contributed by atoms with Crippen molar-refractivity contribution >= 4 is 28.5 Å². The Kier molecular flexibility index (Phi) is 17.7. The van der Waals surface area contributed by atoms with Gasteiger partial charge < -0.3 is 55.3 Å². The summed E-state index contributed by atoms with van der Waals surface area (Å²) in [7, 11) is 1.74. The molecule has 2 aromatic rings. The number of nitrogens with one attached hydrogen (secondary N) is 2. The highest BCUT2D eigenvalue weighted by Crippen LogP contribution is 2.36. The Balaban J connectivity index is 1.63. The zero-order chi connectivity index (χ0) is 44.5. The highest BCUT2D eigenvalue weighted by atomic mass is 16.7. The van der Waals surface area contributed by atoms with Crippen LogP contribution in [0.25, 0.3) is 10.8 Å². The van der Waals surface area contributed by atoms with Gasteiger partial charge in [-0.3, -0.25) is 9.69 Å². The van der Waals surface area contributed by atoms with Crippen molar-refractivity contribution in [2.24, 2.45) is 17.8 Å². The van der Waals surface area contributed by atoms with E-state index in [1.807, 2.05) is 61.2 Å². The Morgan fingerprint density at radius 3 is 2.37 bits per heavy atom. The topological polar surface area (TPSA) is 217 Å². The van der Waals surface area contributed by atoms with E-state index >= 15 is 0 Å². The van der Waals surface area contributed by atoms with Gasteiger partial charge in [-0.05, 0) is 96.2 Å². The van der Waals surface area contributed by atoms with Crippen molar-refractivity contribution in [3.8, 4) is 6.07 Å². The van der Waals surface area contributed by atoms with E-state index in [2.05, 4.69) is 16.7 Å². The number of carbonyl (C=O) groups is 2. The molecule has 0 bridgehead atoms. The lowest BCUT2D eigenvalue weighted by Crippen LogP contribution is -2.59. The van der Waals surface area contributed by atoms with Crippen molar-refractivity contribution in [2.75, 3.05) is 38.5 Å². The fourth-order valence-corrected chi connectivity index (χ4v) is 9.13. The van der Waals surface area contributed by atoms with Crippen molar-refractivity contribution in [1.82, 2.24) is 15.1 Å². The van der Waals surface area contributed by atoms with E-state index in [0.29, 0.717) is 31.6 Å². The van der Waals surface area contributed by atoms with Crippen LogP contribution in [0.1, 0.15) is 87.5 Å². The van der Waals surface area contributed by atoms with Gasteiger partial charge in [0.2, 0.25) is 0 Å². The predicted molar refractivity (Wildman–Crippen MR) is 229 cm³/mol. The minimum atomic E-state index is -1.91. The summed E-state index contributed by atoms with van der Waals surface area (Å²) >= 11 is 0. The molecule has 60 heavy (non-hydrogen) atoms. The number of aliphatic hydroxyl groups is 5. The maximum atomic E-state index is 13.7. The Bertz CT molecular complexity index is 1740. The number of hydrogen-bond donors (Lipinski definition) is 7. The van der Waals surface area contributed by atoms with E-state index in [4.69, 9.17) is 14.2 Å². The van der Waals surface area contributed by atoms with Crippen LogP contribution in [0.5, 0.6) is 0 Å². The molecule has 2 saturated heterocycles. The molecule has 0 radical (unpaired) electrons. The predicted octanol–water partition coefficient (Wildman–Crippen LogP) is 3.99. The molecule has 14 atom stereocenters. The second-order valence-corrected chi connectivity index (χ2v) is 17.8. The molecule has 0 aliphatic carbocycles. The number of urea groups is 1. The second-order valence-electron chi connectivity index (χ2n) is 17.8. The molecule has 0 aromatic heterocycles. The van der Waals surface area contributed by atoms with Crippen LogP contribution < -0.4 is 10.6 Å². The normalized spacial score (nSPS) is 36.4. The number of rotatable bonds is 11. The maximum absolute atomic E-state index is 13.7. The summed E-state index contributed by atoms with van der Waals surface area (Å²) < 4.78 is 18.4. The first-order valence-electron chi connectivity index (χ1n) is 21.6. The number of fused-ring (bicyclic) bond motifs is 1. The van der Waals surface area contributed by atoms with Crippen molar-refractivity contribution < 1.29 is 49.3 Å². The van der Waals surface area contributed by atoms with E-state index < -0.39 is 71.9 Å². The van der Waals surface area contributed by atoms with E-state index in [9.17, 15) is 40.4 Å². The van der Waals surface area contributed by atoms with Gasteiger partial charge in [-0.1, -0.05) is 51.1 Å². The standard InChI is InChI=1S/C45H71N5O10/c1-10-36-45(8,57)39(53)31(6)50(22-14-21-49(20-13-19-46)43(55)48-34-18-17-32-15-11-12-16-33(32)24-34)26-27(2)25-44(7,56)40(29(4)37(51)30(5)41(54)59-36)60-42-38(52)35(47-9)23-28(3)58-42/h11-12,15-18,24,27-31,35-40,42,47,51-53,56-57H,10,13-14,20-23,25-26H2,1-9H3,(H,48,55)/t27-,28-,29+,30-,31-,35+,36-,37+,38-,39-,40-,42+,44-,45-/m1/s1. The molecule has 7 N–H and O–H groups in total. The number of benzene rings is 2. The minimum Gasteiger partial charge on any atom is -0.459 e. The van der Waals surface area contributed by atoms with Crippen molar-refractivity contribution in [3.63, 3.8) is 0 Å². The number of nitriles is 1. The number of aliphatic hydroxyl groups excluding tert-OH is 3. The smallest absolute Gasteiger partial charge is 0.321 e. The third-order valence-electron chi connectivity index (χ3n) is 12.7. The number of ether oxygens (including phenoxy) is 3. The van der Waals surface area contributed by atoms with Crippen LogP contribution in [0.15, 0.2) is 42.5 Å². The summed E-state index contributed by atoms with van der Waals surface area (Å²) in [5.74, 6) is -3.06. The molecule has 0 saturated carbocycles. The molecular weight excluding hydrogens is 771 g/mol. The van der Waals surface area contributed by atoms with E-state index in [1.165, 1.54) is 13.8 Å². The fraction of sp³-hybridized carbons (Fsp3) is 0.711. The fourth-order valence-electron chi connectivity index (χ4n) is 9.13. The number of likely N-dealkylation sites (N-methyl/N-ethyl adjacent to an activating group) is 1. The molecular formula is C45H71N5O10. The molecule has 0 unspecified atom stereocenters. The number of esters is 1. The summed E-state index contributed by atoms with van der Waals surface area (Å²) in [5.41, 5.74) is -2.92. The number of amides is 2. The van der Waals surface area contributed by atoms with Gasteiger partial charge in [0.25, 0.3) is 0 Å². The number of carbonyl (C=O) groups excluding carboxylic acids is 2. The number of hydrogen-bond acceptors (Lipinski definition) is 13. The van der Waals surface area contributed by atoms with Crippen LogP contribution in [0.3, 0.4) is 0 Å². The molecule has 15 nitrogen and oxygen atoms in total. The van der Waals surface area contributed by atoms with Crippen LogP contribution in [0.2, 0.25) is 0 Å². The Labute approximate surface area is 356 Å². The zero-order valence-corrected chi connectivity index (χ0v) is 37.0. The minimum absolute atomic E-state index is 0.127. The number of cyclic esters (lactones) is 1. The first kappa shape index (κ1) is 49.2. The largest absolute Gasteiger partial charge is 0.459 e. The van der Waals surface area contributed by atoms with Crippen LogP contribution in [0.4, 0.5) is 10.5 Å². The Morgan fingerprint density at radius 1 is 1.03 bits per heavy atom. The summed E-state index contributed by atoms with van der Waals surface area (Å²) in [6, 6.07) is 14.2. The monoisotopic (exact) mass is 842 g/mol. The van der Waals surface area contributed by atoms with Crippen molar-refractivity contribution in [2.45, 2.75) is 154 Å². The summed E-state index contributed by atoms with van der Waals surface area (Å²) in [5, 5.41) is 76.6. The molecule has 2 aromatic carbocycles. The zero-order valence-electron chi connectivity index (χ0n) is 37.0. The van der Waals surface area contributed by atoms with Crippen molar-refractivity contribution in [3.05, 3.63) is 42.5 Å². The van der Waals surface area contributed by atoms with Gasteiger partial charge in [0.05, 0.1) is 42.3 Å². The molecule has 15 heteroatoms. The molecule has 2 aliphatic rings. The molecule has 0 spiro atoms. The van der Waals surface area contributed by atoms with Crippen LogP contribution in [-0.2, 0) is 19.0 Å². The molecule has 2 aliphatic heterocycles. The summed E-state index contributed by atoms with van der Waals surface area (Å²) in [6.45, 7) is 14.7. The molecule has 336 valence electrons. The van der Waals surface area contributed by atoms with Crippen molar-refractivity contribution in [1.29, 1.82) is 5.26 Å². The van der Waals surface area contributed by atoms with Gasteiger partial charge in [-0.15, -0.1) is 0 Å². The molecule has 2 heterocycles. The van der Waals surface area contributed by atoms with Gasteiger partial charge in [0.1, 0.15) is 23.9 Å². The van der Waals surface area contributed by atoms with Gasteiger partial charge >= 0.3 is 12.0 Å². The van der Waals surface area contributed by atoms with Gasteiger partial charge in [0.15, 0.2) is 6.29 Å². The van der Waals surface area contributed by atoms with Gasteiger partial charge in [0, 0.05) is 49.9 Å². The van der Waals surface area contributed by atoms with E-state index in [0.717, 1.165) is 10.8 Å². The molecule has 2 amide bonds. The second kappa shape index (κ2) is 21.6. The highest BCUT2D eigenvalue weighted by molar-refractivity contribution is 5.93. The molecule has 2 fully saturated rings. The average Bonchev–Trinajstić information content (AvgIpc) is 3.21. The SMILES string of the molecule is CC[C@H]1OC(=O)[C@H](C)[C@@H](O)[C@H](C)[C@@H](O[C@@H]2O[C@H](C)C[C@H](NC)[C@H]2O)[C@](C)(O)C[C@@H](C)CN(CCCN(CCC#N)C(=O)Nc2ccc3ccccc3c2)[C@H](C)[C@@H](O)[C@]1(C)O. The Hall–Kier alpha value is -3.43. The summed E-state index contributed by atoms with van der Waals surface area (Å²) in [4.78, 5) is 30.9. The van der Waals surface area contributed by atoms with Crippen LogP contribution >= 0.6 is 0 Å². The molecule has 4 rings (SSSR count). The highest BCUT2D eigenvalue weighted by Gasteiger charge is 2.50. The van der Waals surface area contributed by atoms with Gasteiger partial charge in [-0.2, -0.15) is 5.26 Å². The first-order valence-corrected chi connectivity index (χ1v) is 21.6. The first-order chi connectivity index (χ1) is 28.2.